The van der Waals surface area contributed by atoms with Crippen LogP contribution in [0.1, 0.15) is 23.2 Å². The monoisotopic (exact) mass is 497 g/mol. The van der Waals surface area contributed by atoms with Crippen LogP contribution in [0.5, 0.6) is 11.5 Å². The molecule has 1 atom stereocenters. The van der Waals surface area contributed by atoms with Gasteiger partial charge in [-0.25, -0.2) is 9.97 Å². The lowest BCUT2D eigenvalue weighted by molar-refractivity contribution is -0.117. The molecular formula is C28H27N5O4. The van der Waals surface area contributed by atoms with E-state index in [0.29, 0.717) is 41.4 Å². The quantitative estimate of drug-likeness (QED) is 0.387. The predicted octanol–water partition coefficient (Wildman–Crippen LogP) is 4.51. The number of amides is 2. The molecule has 1 aliphatic rings. The Morgan fingerprint density at radius 3 is 2.30 bits per heavy atom. The van der Waals surface area contributed by atoms with Crippen LogP contribution >= 0.6 is 0 Å². The summed E-state index contributed by atoms with van der Waals surface area (Å²) in [6.45, 7) is 0.712. The average Bonchev–Trinajstić information content (AvgIpc) is 3.43. The number of hydrogen-bond donors (Lipinski definition) is 2. The summed E-state index contributed by atoms with van der Waals surface area (Å²) in [5, 5.41) is 6.76. The van der Waals surface area contributed by atoms with E-state index in [9.17, 15) is 9.59 Å². The molecule has 1 aliphatic heterocycles. The molecule has 2 heterocycles. The Morgan fingerprint density at radius 1 is 0.892 bits per heavy atom. The molecule has 9 heteroatoms. The number of benzene rings is 3. The van der Waals surface area contributed by atoms with E-state index >= 15 is 0 Å². The smallest absolute Gasteiger partial charge is 0.255 e. The topological polar surface area (TPSA) is 106 Å². The number of nitrogens with one attached hydrogen (secondary N) is 2. The second kappa shape index (κ2) is 10.5. The van der Waals surface area contributed by atoms with Gasteiger partial charge in [-0.05, 0) is 37.1 Å². The highest BCUT2D eigenvalue weighted by Gasteiger charge is 2.33. The Labute approximate surface area is 214 Å². The van der Waals surface area contributed by atoms with E-state index in [1.54, 1.807) is 36.4 Å². The molecule has 188 valence electrons. The Morgan fingerprint density at radius 2 is 1.57 bits per heavy atom. The van der Waals surface area contributed by atoms with Crippen molar-refractivity contribution in [1.29, 1.82) is 0 Å². The van der Waals surface area contributed by atoms with Crippen molar-refractivity contribution in [2.24, 2.45) is 0 Å². The normalized spacial score (nSPS) is 14.9. The van der Waals surface area contributed by atoms with Crippen molar-refractivity contribution >= 4 is 39.9 Å². The molecule has 4 aromatic rings. The van der Waals surface area contributed by atoms with E-state index in [0.717, 1.165) is 23.1 Å². The summed E-state index contributed by atoms with van der Waals surface area (Å²) in [7, 11) is 3.01. The summed E-state index contributed by atoms with van der Waals surface area (Å²) in [4.78, 5) is 37.0. The van der Waals surface area contributed by atoms with Crippen molar-refractivity contribution in [3.05, 3.63) is 78.6 Å². The summed E-state index contributed by atoms with van der Waals surface area (Å²) in [5.74, 6) is 1.07. The number of carbonyl (C=O) groups excluding carboxylic acids is 2. The number of carbonyl (C=O) groups is 2. The van der Waals surface area contributed by atoms with Crippen LogP contribution < -0.4 is 25.0 Å². The minimum atomic E-state index is -0.411. The molecule has 0 bridgehead atoms. The second-order valence-electron chi connectivity index (χ2n) is 8.63. The fraction of sp³-hybridized carbons (Fsp3) is 0.214. The van der Waals surface area contributed by atoms with Gasteiger partial charge >= 0.3 is 0 Å². The van der Waals surface area contributed by atoms with Gasteiger partial charge in [-0.1, -0.05) is 30.3 Å². The predicted molar refractivity (Wildman–Crippen MR) is 142 cm³/mol. The molecule has 37 heavy (non-hydrogen) atoms. The van der Waals surface area contributed by atoms with Crippen molar-refractivity contribution < 1.29 is 19.1 Å². The van der Waals surface area contributed by atoms with Crippen LogP contribution in [0.3, 0.4) is 0 Å². The minimum Gasteiger partial charge on any atom is -0.494 e. The van der Waals surface area contributed by atoms with Crippen molar-refractivity contribution in [3.63, 3.8) is 0 Å². The maximum Gasteiger partial charge on any atom is 0.255 e. The van der Waals surface area contributed by atoms with Gasteiger partial charge in [0.15, 0.2) is 0 Å². The minimum absolute atomic E-state index is 0.179. The van der Waals surface area contributed by atoms with Gasteiger partial charge in [0.1, 0.15) is 29.7 Å². The first-order chi connectivity index (χ1) is 18.1. The lowest BCUT2D eigenvalue weighted by Gasteiger charge is -2.26. The van der Waals surface area contributed by atoms with E-state index in [2.05, 4.69) is 20.6 Å². The fourth-order valence-corrected chi connectivity index (χ4v) is 4.61. The van der Waals surface area contributed by atoms with Crippen molar-refractivity contribution in [2.75, 3.05) is 36.3 Å². The molecular weight excluding hydrogens is 470 g/mol. The molecule has 2 N–H and O–H groups in total. The maximum atomic E-state index is 13.5. The van der Waals surface area contributed by atoms with Crippen LogP contribution in [0, 0.1) is 0 Å². The first-order valence-electron chi connectivity index (χ1n) is 12.0. The molecule has 0 radical (unpaired) electrons. The van der Waals surface area contributed by atoms with E-state index in [-0.39, 0.29) is 11.8 Å². The standard InChI is InChI=1S/C28H27N5O4/c1-36-24-16-22(25(37-2)15-21(24)31-27(34)18-9-4-3-5-10-18)32-28(35)23-13-8-14-33(23)26-19-11-6-7-12-20(19)29-17-30-26/h3-7,9-12,15-17,23H,8,13-14H2,1-2H3,(H,31,34)(H,32,35). The van der Waals surface area contributed by atoms with Gasteiger partial charge in [0.2, 0.25) is 5.91 Å². The first-order valence-corrected chi connectivity index (χ1v) is 12.0. The van der Waals surface area contributed by atoms with Gasteiger partial charge in [0.05, 0.1) is 31.1 Å². The first kappa shape index (κ1) is 24.1. The number of para-hydroxylation sites is 1. The van der Waals surface area contributed by atoms with E-state index < -0.39 is 6.04 Å². The van der Waals surface area contributed by atoms with Crippen LogP contribution in [0.25, 0.3) is 10.9 Å². The second-order valence-corrected chi connectivity index (χ2v) is 8.63. The summed E-state index contributed by atoms with van der Waals surface area (Å²) < 4.78 is 11.1. The molecule has 1 fully saturated rings. The van der Waals surface area contributed by atoms with Crippen molar-refractivity contribution in [3.8, 4) is 11.5 Å². The van der Waals surface area contributed by atoms with Gasteiger partial charge in [0, 0.05) is 29.6 Å². The zero-order valence-electron chi connectivity index (χ0n) is 20.6. The maximum absolute atomic E-state index is 13.5. The molecule has 1 aromatic heterocycles. The van der Waals surface area contributed by atoms with E-state index in [1.807, 2.05) is 35.2 Å². The summed E-state index contributed by atoms with van der Waals surface area (Å²) >= 11 is 0. The number of aromatic nitrogens is 2. The molecule has 0 saturated carbocycles. The largest absolute Gasteiger partial charge is 0.494 e. The zero-order chi connectivity index (χ0) is 25.8. The summed E-state index contributed by atoms with van der Waals surface area (Å²) in [6.07, 6.45) is 3.08. The molecule has 1 unspecified atom stereocenters. The number of anilines is 3. The SMILES string of the molecule is COc1cc(NC(=O)C2CCCN2c2ncnc3ccccc23)c(OC)cc1NC(=O)c1ccccc1. The molecule has 9 nitrogen and oxygen atoms in total. The molecule has 5 rings (SSSR count). The Kier molecular flexibility index (Phi) is 6.85. The lowest BCUT2D eigenvalue weighted by atomic mass is 10.1. The third-order valence-electron chi connectivity index (χ3n) is 6.41. The molecule has 0 spiro atoms. The summed E-state index contributed by atoms with van der Waals surface area (Å²) in [5.41, 5.74) is 2.22. The Hall–Kier alpha value is -4.66. The third-order valence-corrected chi connectivity index (χ3v) is 6.41. The van der Waals surface area contributed by atoms with E-state index in [4.69, 9.17) is 9.47 Å². The average molecular weight is 498 g/mol. The van der Waals surface area contributed by atoms with E-state index in [1.165, 1.54) is 20.5 Å². The number of nitrogens with zero attached hydrogens (tertiary/aromatic N) is 3. The number of ether oxygens (including phenoxy) is 2. The highest BCUT2D eigenvalue weighted by Crippen LogP contribution is 2.37. The number of hydrogen-bond acceptors (Lipinski definition) is 7. The van der Waals surface area contributed by atoms with Crippen LogP contribution in [-0.2, 0) is 4.79 Å². The van der Waals surface area contributed by atoms with Gasteiger partial charge < -0.3 is 25.0 Å². The molecule has 0 aliphatic carbocycles. The summed E-state index contributed by atoms with van der Waals surface area (Å²) in [6, 6.07) is 19.5. The van der Waals surface area contributed by atoms with Gasteiger partial charge in [-0.15, -0.1) is 0 Å². The van der Waals surface area contributed by atoms with Gasteiger partial charge in [-0.3, -0.25) is 9.59 Å². The van der Waals surface area contributed by atoms with Crippen LogP contribution in [0.2, 0.25) is 0 Å². The van der Waals surface area contributed by atoms with Crippen LogP contribution in [0.15, 0.2) is 73.1 Å². The Bertz CT molecular complexity index is 1440. The lowest BCUT2D eigenvalue weighted by Crippen LogP contribution is -2.40. The zero-order valence-corrected chi connectivity index (χ0v) is 20.6. The highest BCUT2D eigenvalue weighted by atomic mass is 16.5. The van der Waals surface area contributed by atoms with Gasteiger partial charge in [-0.2, -0.15) is 0 Å². The highest BCUT2D eigenvalue weighted by molar-refractivity contribution is 6.06. The number of methoxy groups -OCH3 is 2. The van der Waals surface area contributed by atoms with Crippen LogP contribution in [-0.4, -0.2) is 48.6 Å². The number of rotatable bonds is 7. The van der Waals surface area contributed by atoms with Gasteiger partial charge in [0.25, 0.3) is 5.91 Å². The number of fused-ring (bicyclic) bond motifs is 1. The van der Waals surface area contributed by atoms with Crippen LogP contribution in [0.4, 0.5) is 17.2 Å². The third kappa shape index (κ3) is 4.88. The molecule has 1 saturated heterocycles. The van der Waals surface area contributed by atoms with Crippen molar-refractivity contribution in [2.45, 2.75) is 18.9 Å². The molecule has 3 aromatic carbocycles. The van der Waals surface area contributed by atoms with Crippen molar-refractivity contribution in [1.82, 2.24) is 9.97 Å². The molecule has 2 amide bonds. The Balaban J connectivity index is 1.39. The fourth-order valence-electron chi connectivity index (χ4n) is 4.61.